The van der Waals surface area contributed by atoms with E-state index in [-0.39, 0.29) is 5.84 Å². The van der Waals surface area contributed by atoms with E-state index in [9.17, 15) is 0 Å². The molecule has 0 saturated carbocycles. The smallest absolute Gasteiger partial charge is 0.124 e. The molecular weight excluding hydrogens is 254 g/mol. The summed E-state index contributed by atoms with van der Waals surface area (Å²) in [6.45, 7) is 8.76. The van der Waals surface area contributed by atoms with Crippen molar-refractivity contribution in [3.63, 3.8) is 0 Å². The molecule has 4 heteroatoms. The van der Waals surface area contributed by atoms with E-state index in [1.165, 1.54) is 5.56 Å². The van der Waals surface area contributed by atoms with Crippen molar-refractivity contribution in [1.82, 2.24) is 0 Å². The van der Waals surface area contributed by atoms with Gasteiger partial charge in [-0.1, -0.05) is 19.9 Å². The van der Waals surface area contributed by atoms with Crippen LogP contribution in [0.5, 0.6) is 0 Å². The van der Waals surface area contributed by atoms with Crippen molar-refractivity contribution in [3.8, 4) is 0 Å². The highest BCUT2D eigenvalue weighted by atomic mass is 32.2. The van der Waals surface area contributed by atoms with Crippen LogP contribution < -0.4 is 10.6 Å². The van der Waals surface area contributed by atoms with Gasteiger partial charge in [0.05, 0.1) is 0 Å². The first-order chi connectivity index (χ1) is 8.89. The van der Waals surface area contributed by atoms with E-state index in [1.807, 2.05) is 23.9 Å². The van der Waals surface area contributed by atoms with E-state index in [4.69, 9.17) is 11.1 Å². The Morgan fingerprint density at radius 2 is 2.11 bits per heavy atom. The largest absolute Gasteiger partial charge is 0.384 e. The predicted octanol–water partition coefficient (Wildman–Crippen LogP) is 3.00. The SMILES string of the molecule is Cc1ccc(C(=N)N)c(N2CCSC(C)(C)CC2)c1. The molecule has 0 aliphatic carbocycles. The number of amidine groups is 1. The summed E-state index contributed by atoms with van der Waals surface area (Å²) in [4.78, 5) is 2.38. The third kappa shape index (κ3) is 3.44. The third-order valence-electron chi connectivity index (χ3n) is 3.62. The first-order valence-corrected chi connectivity index (χ1v) is 7.71. The number of nitrogen functional groups attached to an aromatic ring is 1. The fourth-order valence-electron chi connectivity index (χ4n) is 2.39. The van der Waals surface area contributed by atoms with Crippen LogP contribution in [0.4, 0.5) is 5.69 Å². The Labute approximate surface area is 120 Å². The quantitative estimate of drug-likeness (QED) is 0.645. The number of anilines is 1. The Bertz CT molecular complexity index is 482. The first kappa shape index (κ1) is 14.3. The molecule has 0 aromatic heterocycles. The number of rotatable bonds is 2. The summed E-state index contributed by atoms with van der Waals surface area (Å²) in [6.07, 6.45) is 1.16. The van der Waals surface area contributed by atoms with E-state index >= 15 is 0 Å². The van der Waals surface area contributed by atoms with E-state index in [2.05, 4.69) is 31.7 Å². The molecule has 3 nitrogen and oxygen atoms in total. The van der Waals surface area contributed by atoms with Crippen molar-refractivity contribution >= 4 is 23.3 Å². The molecule has 1 aliphatic rings. The Kier molecular flexibility index (Phi) is 4.09. The fourth-order valence-corrected chi connectivity index (χ4v) is 3.49. The minimum absolute atomic E-state index is 0.158. The molecule has 104 valence electrons. The lowest BCUT2D eigenvalue weighted by atomic mass is 10.1. The summed E-state index contributed by atoms with van der Waals surface area (Å²) in [6, 6.07) is 6.15. The van der Waals surface area contributed by atoms with Gasteiger partial charge in [0.15, 0.2) is 0 Å². The van der Waals surface area contributed by atoms with Gasteiger partial charge in [-0.05, 0) is 31.0 Å². The lowest BCUT2D eigenvalue weighted by Gasteiger charge is -2.26. The van der Waals surface area contributed by atoms with Gasteiger partial charge >= 0.3 is 0 Å². The van der Waals surface area contributed by atoms with Gasteiger partial charge in [0.25, 0.3) is 0 Å². The van der Waals surface area contributed by atoms with Crippen molar-refractivity contribution in [2.75, 3.05) is 23.7 Å². The fraction of sp³-hybridized carbons (Fsp3) is 0.533. The molecule has 0 spiro atoms. The van der Waals surface area contributed by atoms with Crippen LogP contribution in [0, 0.1) is 12.3 Å². The number of benzene rings is 1. The van der Waals surface area contributed by atoms with Gasteiger partial charge in [-0.15, -0.1) is 0 Å². The van der Waals surface area contributed by atoms with Crippen molar-refractivity contribution in [1.29, 1.82) is 5.41 Å². The van der Waals surface area contributed by atoms with Crippen LogP contribution in [-0.4, -0.2) is 29.4 Å². The Hall–Kier alpha value is -1.16. The maximum absolute atomic E-state index is 7.74. The highest BCUT2D eigenvalue weighted by Crippen LogP contribution is 2.33. The zero-order valence-electron chi connectivity index (χ0n) is 12.0. The summed E-state index contributed by atoms with van der Waals surface area (Å²) < 4.78 is 0.342. The molecule has 0 atom stereocenters. The molecule has 0 amide bonds. The van der Waals surface area contributed by atoms with Crippen LogP contribution in [-0.2, 0) is 0 Å². The van der Waals surface area contributed by atoms with E-state index < -0.39 is 0 Å². The summed E-state index contributed by atoms with van der Waals surface area (Å²) in [7, 11) is 0. The third-order valence-corrected chi connectivity index (χ3v) is 4.99. The van der Waals surface area contributed by atoms with Crippen molar-refractivity contribution < 1.29 is 0 Å². The molecule has 1 aromatic rings. The number of nitrogens with two attached hydrogens (primary N) is 1. The monoisotopic (exact) mass is 277 g/mol. The highest BCUT2D eigenvalue weighted by molar-refractivity contribution is 8.00. The maximum Gasteiger partial charge on any atom is 0.124 e. The van der Waals surface area contributed by atoms with Crippen LogP contribution in [0.25, 0.3) is 0 Å². The molecule has 1 aromatic carbocycles. The normalized spacial score (nSPS) is 19.0. The Balaban J connectivity index is 2.30. The summed E-state index contributed by atoms with van der Waals surface area (Å²) in [5.74, 6) is 1.28. The lowest BCUT2D eigenvalue weighted by molar-refractivity contribution is 0.637. The molecule has 0 unspecified atom stereocenters. The molecule has 1 saturated heterocycles. The van der Waals surface area contributed by atoms with Crippen LogP contribution >= 0.6 is 11.8 Å². The zero-order chi connectivity index (χ0) is 14.0. The topological polar surface area (TPSA) is 53.1 Å². The molecule has 2 rings (SSSR count). The maximum atomic E-state index is 7.74. The number of hydrogen-bond acceptors (Lipinski definition) is 3. The number of nitrogens with one attached hydrogen (secondary N) is 1. The average molecular weight is 277 g/mol. The van der Waals surface area contributed by atoms with E-state index in [1.54, 1.807) is 0 Å². The van der Waals surface area contributed by atoms with Crippen LogP contribution in [0.3, 0.4) is 0 Å². The number of hydrogen-bond donors (Lipinski definition) is 2. The molecular formula is C15H23N3S. The van der Waals surface area contributed by atoms with E-state index in [0.717, 1.165) is 36.5 Å². The van der Waals surface area contributed by atoms with Crippen LogP contribution in [0.2, 0.25) is 0 Å². The second kappa shape index (κ2) is 5.45. The molecule has 3 N–H and O–H groups in total. The molecule has 0 radical (unpaired) electrons. The summed E-state index contributed by atoms with van der Waals surface area (Å²) in [5, 5.41) is 7.74. The average Bonchev–Trinajstić information content (AvgIpc) is 2.49. The number of thioether (sulfide) groups is 1. The first-order valence-electron chi connectivity index (χ1n) is 6.73. The van der Waals surface area contributed by atoms with E-state index in [0.29, 0.717) is 4.75 Å². The minimum Gasteiger partial charge on any atom is -0.384 e. The van der Waals surface area contributed by atoms with Gasteiger partial charge in [-0.25, -0.2) is 0 Å². The van der Waals surface area contributed by atoms with Crippen molar-refractivity contribution in [3.05, 3.63) is 29.3 Å². The van der Waals surface area contributed by atoms with Gasteiger partial charge in [-0.3, -0.25) is 5.41 Å². The molecule has 1 fully saturated rings. The zero-order valence-corrected chi connectivity index (χ0v) is 12.8. The highest BCUT2D eigenvalue weighted by Gasteiger charge is 2.25. The number of aryl methyl sites for hydroxylation is 1. The van der Waals surface area contributed by atoms with Crippen molar-refractivity contribution in [2.24, 2.45) is 5.73 Å². The van der Waals surface area contributed by atoms with Crippen molar-refractivity contribution in [2.45, 2.75) is 31.9 Å². The predicted molar refractivity (Wildman–Crippen MR) is 85.6 cm³/mol. The van der Waals surface area contributed by atoms with Gasteiger partial charge in [0.2, 0.25) is 0 Å². The molecule has 19 heavy (non-hydrogen) atoms. The van der Waals surface area contributed by atoms with Gasteiger partial charge in [0.1, 0.15) is 5.84 Å². The standard InChI is InChI=1S/C15H23N3S/c1-11-4-5-12(14(16)17)13(10-11)18-7-6-15(2,3)19-9-8-18/h4-5,10H,6-9H2,1-3H3,(H3,16,17). The molecule has 1 aliphatic heterocycles. The number of nitrogens with zero attached hydrogens (tertiary/aromatic N) is 1. The van der Waals surface area contributed by atoms with Gasteiger partial charge < -0.3 is 10.6 Å². The Morgan fingerprint density at radius 3 is 2.79 bits per heavy atom. The molecule has 1 heterocycles. The van der Waals surface area contributed by atoms with Crippen LogP contribution in [0.15, 0.2) is 18.2 Å². The summed E-state index contributed by atoms with van der Waals surface area (Å²) in [5.41, 5.74) is 8.91. The second-order valence-electron chi connectivity index (χ2n) is 5.78. The van der Waals surface area contributed by atoms with Crippen LogP contribution in [0.1, 0.15) is 31.4 Å². The second-order valence-corrected chi connectivity index (χ2v) is 7.58. The molecule has 0 bridgehead atoms. The lowest BCUT2D eigenvalue weighted by Crippen LogP contribution is -2.29. The minimum atomic E-state index is 0.158. The Morgan fingerprint density at radius 1 is 1.37 bits per heavy atom. The summed E-state index contributed by atoms with van der Waals surface area (Å²) >= 11 is 2.03. The van der Waals surface area contributed by atoms with Gasteiger partial charge in [0, 0.05) is 34.8 Å². The van der Waals surface area contributed by atoms with Gasteiger partial charge in [-0.2, -0.15) is 11.8 Å².